The lowest BCUT2D eigenvalue weighted by Gasteiger charge is -2.07. The van der Waals surface area contributed by atoms with Gasteiger partial charge in [0.1, 0.15) is 5.75 Å². The number of carboxylic acids is 1. The molecule has 1 aromatic rings. The monoisotopic (exact) mass is 315 g/mol. The predicted octanol–water partition coefficient (Wildman–Crippen LogP) is 3.05. The van der Waals surface area contributed by atoms with Crippen LogP contribution >= 0.6 is 0 Å². The Morgan fingerprint density at radius 3 is 2.32 bits per heavy atom. The maximum Gasteiger partial charge on any atom is 0.387 e. The number of carbonyl (C=O) groups excluding carboxylic acids is 1. The molecule has 2 N–H and O–H groups in total. The van der Waals surface area contributed by atoms with E-state index in [-0.39, 0.29) is 18.1 Å². The molecule has 0 fully saturated rings. The molecule has 0 spiro atoms. The molecule has 0 aliphatic rings. The zero-order valence-corrected chi connectivity index (χ0v) is 12.1. The van der Waals surface area contributed by atoms with Gasteiger partial charge in [-0.15, -0.1) is 0 Å². The van der Waals surface area contributed by atoms with Gasteiger partial charge in [0.25, 0.3) is 5.91 Å². The highest BCUT2D eigenvalue weighted by Crippen LogP contribution is 2.14. The number of carboxylic acid groups (broad SMARTS) is 1. The standard InChI is InChI=1S/C15H19F2NO4/c16-15(17)22-12-8-6-11(7-9-12)14(21)18-10-4-2-1-3-5-13(19)20/h6-9,15H,1-5,10H2,(H,18,21)(H,19,20). The molecule has 22 heavy (non-hydrogen) atoms. The number of aliphatic carboxylic acids is 1. The highest BCUT2D eigenvalue weighted by Gasteiger charge is 2.07. The molecule has 0 aromatic heterocycles. The summed E-state index contributed by atoms with van der Waals surface area (Å²) in [5, 5.41) is 11.2. The van der Waals surface area contributed by atoms with Crippen LogP contribution < -0.4 is 10.1 Å². The number of alkyl halides is 2. The van der Waals surface area contributed by atoms with Gasteiger partial charge in [-0.3, -0.25) is 9.59 Å². The Balaban J connectivity index is 2.21. The van der Waals surface area contributed by atoms with Crippen LogP contribution in [0.4, 0.5) is 8.78 Å². The summed E-state index contributed by atoms with van der Waals surface area (Å²) in [5.74, 6) is -1.08. The Morgan fingerprint density at radius 1 is 1.09 bits per heavy atom. The molecule has 0 aliphatic heterocycles. The average molecular weight is 315 g/mol. The number of unbranched alkanes of at least 4 members (excludes halogenated alkanes) is 3. The van der Waals surface area contributed by atoms with Gasteiger partial charge in [0.05, 0.1) is 0 Å². The number of hydrogen-bond donors (Lipinski definition) is 2. The van der Waals surface area contributed by atoms with E-state index < -0.39 is 12.6 Å². The molecule has 1 amide bonds. The normalized spacial score (nSPS) is 10.5. The lowest BCUT2D eigenvalue weighted by molar-refractivity contribution is -0.137. The van der Waals surface area contributed by atoms with Crippen LogP contribution in [0.1, 0.15) is 42.5 Å². The number of halogens is 2. The molecule has 0 aliphatic carbocycles. The van der Waals surface area contributed by atoms with E-state index in [9.17, 15) is 18.4 Å². The maximum atomic E-state index is 12.0. The highest BCUT2D eigenvalue weighted by molar-refractivity contribution is 5.94. The van der Waals surface area contributed by atoms with E-state index in [1.165, 1.54) is 24.3 Å². The summed E-state index contributed by atoms with van der Waals surface area (Å²) >= 11 is 0. The van der Waals surface area contributed by atoms with E-state index in [0.29, 0.717) is 18.5 Å². The van der Waals surface area contributed by atoms with Gasteiger partial charge < -0.3 is 15.2 Å². The SMILES string of the molecule is O=C(O)CCCCCCNC(=O)c1ccc(OC(F)F)cc1. The summed E-state index contributed by atoms with van der Waals surface area (Å²) < 4.78 is 28.2. The largest absolute Gasteiger partial charge is 0.481 e. The van der Waals surface area contributed by atoms with E-state index in [4.69, 9.17) is 5.11 Å². The van der Waals surface area contributed by atoms with Gasteiger partial charge in [-0.05, 0) is 37.1 Å². The zero-order valence-electron chi connectivity index (χ0n) is 12.1. The highest BCUT2D eigenvalue weighted by atomic mass is 19.3. The van der Waals surface area contributed by atoms with E-state index in [0.717, 1.165) is 19.3 Å². The fourth-order valence-electron chi connectivity index (χ4n) is 1.85. The second-order valence-corrected chi connectivity index (χ2v) is 4.72. The van der Waals surface area contributed by atoms with E-state index in [1.54, 1.807) is 0 Å². The number of nitrogens with one attached hydrogen (secondary N) is 1. The van der Waals surface area contributed by atoms with Crippen LogP contribution in [0.3, 0.4) is 0 Å². The van der Waals surface area contributed by atoms with Crippen molar-refractivity contribution in [2.24, 2.45) is 0 Å². The minimum absolute atomic E-state index is 0.00461. The lowest BCUT2D eigenvalue weighted by atomic mass is 10.1. The summed E-state index contributed by atoms with van der Waals surface area (Å²) in [7, 11) is 0. The van der Waals surface area contributed by atoms with Crippen molar-refractivity contribution in [3.63, 3.8) is 0 Å². The molecule has 0 radical (unpaired) electrons. The van der Waals surface area contributed by atoms with Gasteiger partial charge in [-0.1, -0.05) is 12.8 Å². The second kappa shape index (κ2) is 9.70. The molecule has 0 saturated heterocycles. The Kier molecular flexibility index (Phi) is 7.88. The first-order valence-corrected chi connectivity index (χ1v) is 7.04. The first-order valence-electron chi connectivity index (χ1n) is 7.04. The van der Waals surface area contributed by atoms with Gasteiger partial charge in [-0.25, -0.2) is 0 Å². The molecule has 5 nitrogen and oxygen atoms in total. The topological polar surface area (TPSA) is 75.6 Å². The van der Waals surface area contributed by atoms with Gasteiger partial charge in [0.15, 0.2) is 0 Å². The third-order valence-electron chi connectivity index (χ3n) is 2.94. The molecule has 0 atom stereocenters. The third-order valence-corrected chi connectivity index (χ3v) is 2.94. The summed E-state index contributed by atoms with van der Waals surface area (Å²) in [6.45, 7) is -2.40. The molecule has 1 rings (SSSR count). The summed E-state index contributed by atoms with van der Waals surface area (Å²) in [5.41, 5.74) is 0.368. The number of amides is 1. The molecule has 122 valence electrons. The first kappa shape index (κ1) is 17.9. The smallest absolute Gasteiger partial charge is 0.387 e. The Labute approximate surface area is 127 Å². The molecule has 0 unspecified atom stereocenters. The molecule has 1 aromatic carbocycles. The van der Waals surface area contributed by atoms with Crippen LogP contribution in [-0.4, -0.2) is 30.1 Å². The molecule has 0 saturated carbocycles. The van der Waals surface area contributed by atoms with Crippen molar-refractivity contribution in [3.05, 3.63) is 29.8 Å². The number of benzene rings is 1. The first-order chi connectivity index (χ1) is 10.5. The van der Waals surface area contributed by atoms with E-state index >= 15 is 0 Å². The van der Waals surface area contributed by atoms with Crippen LogP contribution in [0.5, 0.6) is 5.75 Å². The van der Waals surface area contributed by atoms with Crippen molar-refractivity contribution in [2.75, 3.05) is 6.54 Å². The van der Waals surface area contributed by atoms with Crippen LogP contribution in [0.25, 0.3) is 0 Å². The minimum atomic E-state index is -2.89. The zero-order chi connectivity index (χ0) is 16.4. The van der Waals surface area contributed by atoms with Crippen molar-refractivity contribution in [1.29, 1.82) is 0 Å². The van der Waals surface area contributed by atoms with Crippen molar-refractivity contribution < 1.29 is 28.2 Å². The number of carbonyl (C=O) groups is 2. The second-order valence-electron chi connectivity index (χ2n) is 4.72. The van der Waals surface area contributed by atoms with Gasteiger partial charge >= 0.3 is 12.6 Å². The number of ether oxygens (including phenoxy) is 1. The fraction of sp³-hybridized carbons (Fsp3) is 0.467. The predicted molar refractivity (Wildman–Crippen MR) is 76.1 cm³/mol. The number of rotatable bonds is 10. The Bertz CT molecular complexity index is 477. The molecule has 0 heterocycles. The van der Waals surface area contributed by atoms with Crippen LogP contribution in [-0.2, 0) is 4.79 Å². The van der Waals surface area contributed by atoms with E-state index in [1.807, 2.05) is 0 Å². The molecule has 7 heteroatoms. The summed E-state index contributed by atoms with van der Waals surface area (Å²) in [4.78, 5) is 22.1. The van der Waals surface area contributed by atoms with Crippen molar-refractivity contribution in [1.82, 2.24) is 5.32 Å². The molecule has 0 bridgehead atoms. The Morgan fingerprint density at radius 2 is 1.73 bits per heavy atom. The average Bonchev–Trinajstić information content (AvgIpc) is 2.46. The molecular formula is C15H19F2NO4. The maximum absolute atomic E-state index is 12.0. The fourth-order valence-corrected chi connectivity index (χ4v) is 1.85. The number of hydrogen-bond acceptors (Lipinski definition) is 3. The van der Waals surface area contributed by atoms with Gasteiger partial charge in [0, 0.05) is 18.5 Å². The molecular weight excluding hydrogens is 296 g/mol. The van der Waals surface area contributed by atoms with Crippen molar-refractivity contribution in [3.8, 4) is 5.75 Å². The van der Waals surface area contributed by atoms with Gasteiger partial charge in [0.2, 0.25) is 0 Å². The minimum Gasteiger partial charge on any atom is -0.481 e. The van der Waals surface area contributed by atoms with Crippen LogP contribution in [0.2, 0.25) is 0 Å². The van der Waals surface area contributed by atoms with Crippen molar-refractivity contribution >= 4 is 11.9 Å². The summed E-state index contributed by atoms with van der Waals surface area (Å²) in [6.07, 6.45) is 3.21. The van der Waals surface area contributed by atoms with Crippen molar-refractivity contribution in [2.45, 2.75) is 38.7 Å². The van der Waals surface area contributed by atoms with E-state index in [2.05, 4.69) is 10.1 Å². The third kappa shape index (κ3) is 7.56. The quantitative estimate of drug-likeness (QED) is 0.651. The Hall–Kier alpha value is -2.18. The van der Waals surface area contributed by atoms with Crippen LogP contribution in [0.15, 0.2) is 24.3 Å². The lowest BCUT2D eigenvalue weighted by Crippen LogP contribution is -2.24. The van der Waals surface area contributed by atoms with Gasteiger partial charge in [-0.2, -0.15) is 8.78 Å². The summed E-state index contributed by atoms with van der Waals surface area (Å²) in [6, 6.07) is 5.46. The van der Waals surface area contributed by atoms with Crippen LogP contribution in [0, 0.1) is 0 Å².